The predicted octanol–water partition coefficient (Wildman–Crippen LogP) is 7.17. The third kappa shape index (κ3) is 8.73. The van der Waals surface area contributed by atoms with Gasteiger partial charge in [0, 0.05) is 22.2 Å². The maximum absolute atomic E-state index is 14.0. The van der Waals surface area contributed by atoms with Crippen molar-refractivity contribution in [2.24, 2.45) is 0 Å². The molecule has 0 fully saturated rings. The van der Waals surface area contributed by atoms with Crippen LogP contribution in [0.2, 0.25) is 0 Å². The number of ether oxygens (including phenoxy) is 1. The Kier molecular flexibility index (Phi) is 11.0. The van der Waals surface area contributed by atoms with E-state index in [4.69, 9.17) is 4.74 Å². The predicted molar refractivity (Wildman–Crippen MR) is 165 cm³/mol. The van der Waals surface area contributed by atoms with E-state index < -0.39 is 51.9 Å². The van der Waals surface area contributed by atoms with Gasteiger partial charge in [0.15, 0.2) is 23.3 Å². The van der Waals surface area contributed by atoms with Gasteiger partial charge in [-0.15, -0.1) is 11.8 Å². The van der Waals surface area contributed by atoms with E-state index in [0.29, 0.717) is 34.1 Å². The third-order valence-electron chi connectivity index (χ3n) is 6.19. The van der Waals surface area contributed by atoms with Crippen molar-refractivity contribution in [1.29, 1.82) is 0 Å². The third-order valence-corrected chi connectivity index (χ3v) is 7.30. The lowest BCUT2D eigenvalue weighted by Crippen LogP contribution is -2.30. The minimum absolute atomic E-state index is 0.0231. The monoisotopic (exact) mass is 637 g/mol. The molecule has 4 aromatic carbocycles. The molecule has 0 spiro atoms. The number of anilines is 2. The van der Waals surface area contributed by atoms with E-state index in [1.165, 1.54) is 13.0 Å². The number of carbonyl (C=O) groups excluding carboxylic acids is 3. The fourth-order valence-corrected chi connectivity index (χ4v) is 4.78. The van der Waals surface area contributed by atoms with Crippen LogP contribution in [0.15, 0.2) is 95.5 Å². The molecule has 4 rings (SSSR count). The summed E-state index contributed by atoms with van der Waals surface area (Å²) >= 11 is 1.00. The van der Waals surface area contributed by atoms with E-state index >= 15 is 0 Å². The van der Waals surface area contributed by atoms with Crippen molar-refractivity contribution in [2.45, 2.75) is 24.0 Å². The molecule has 3 amide bonds. The molecule has 0 saturated carbocycles. The first-order valence-corrected chi connectivity index (χ1v) is 14.5. The van der Waals surface area contributed by atoms with Gasteiger partial charge in [0.2, 0.25) is 5.91 Å². The molecule has 0 aliphatic carbocycles. The van der Waals surface area contributed by atoms with Crippen LogP contribution in [0.1, 0.15) is 29.8 Å². The van der Waals surface area contributed by atoms with Gasteiger partial charge in [-0.2, -0.15) is 0 Å². The van der Waals surface area contributed by atoms with Gasteiger partial charge < -0.3 is 20.7 Å². The summed E-state index contributed by atoms with van der Waals surface area (Å²) in [7, 11) is 0. The Morgan fingerprint density at radius 2 is 1.47 bits per heavy atom. The summed E-state index contributed by atoms with van der Waals surface area (Å²) < 4.78 is 60.3. The van der Waals surface area contributed by atoms with Crippen LogP contribution in [0.5, 0.6) is 5.75 Å². The van der Waals surface area contributed by atoms with Crippen LogP contribution in [0.3, 0.4) is 0 Å². The number of nitrogens with one attached hydrogen (secondary N) is 3. The number of thioether (sulfide) groups is 1. The molecule has 1 unspecified atom stereocenters. The molecule has 3 N–H and O–H groups in total. The Bertz CT molecular complexity index is 1690. The van der Waals surface area contributed by atoms with E-state index in [-0.39, 0.29) is 11.8 Å². The SMILES string of the molecule is CCOc1ccc(/C=C(\NC(=O)c2ccccc2)C(=O)Nc2ccc(SC(C)C(=O)Nc3c(F)c(F)cc(F)c3F)cc2)cc1. The van der Waals surface area contributed by atoms with Crippen molar-refractivity contribution in [2.75, 3.05) is 17.2 Å². The average Bonchev–Trinajstić information content (AvgIpc) is 3.04. The van der Waals surface area contributed by atoms with Crippen LogP contribution >= 0.6 is 11.8 Å². The Balaban J connectivity index is 1.45. The Hall–Kier alpha value is -5.10. The molecule has 0 aliphatic heterocycles. The lowest BCUT2D eigenvalue weighted by molar-refractivity contribution is -0.115. The summed E-state index contributed by atoms with van der Waals surface area (Å²) in [5.74, 6) is -8.03. The summed E-state index contributed by atoms with van der Waals surface area (Å²) in [5, 5.41) is 6.34. The zero-order valence-electron chi connectivity index (χ0n) is 24.0. The zero-order valence-corrected chi connectivity index (χ0v) is 24.8. The summed E-state index contributed by atoms with van der Waals surface area (Å²) in [6.07, 6.45) is 1.52. The van der Waals surface area contributed by atoms with Crippen LogP contribution < -0.4 is 20.7 Å². The molecule has 1 atom stereocenters. The van der Waals surface area contributed by atoms with E-state index in [0.717, 1.165) is 11.8 Å². The molecule has 0 aliphatic rings. The molecule has 232 valence electrons. The summed E-state index contributed by atoms with van der Waals surface area (Å²) in [6.45, 7) is 3.80. The van der Waals surface area contributed by atoms with Gasteiger partial charge in [0.25, 0.3) is 11.8 Å². The van der Waals surface area contributed by atoms with Crippen molar-refractivity contribution < 1.29 is 36.7 Å². The second kappa shape index (κ2) is 15.1. The Morgan fingerprint density at radius 3 is 2.07 bits per heavy atom. The number of hydrogen-bond donors (Lipinski definition) is 3. The quantitative estimate of drug-likeness (QED) is 0.0702. The molecule has 7 nitrogen and oxygen atoms in total. The van der Waals surface area contributed by atoms with Gasteiger partial charge in [0.1, 0.15) is 17.1 Å². The lowest BCUT2D eigenvalue weighted by Gasteiger charge is -2.14. The van der Waals surface area contributed by atoms with Crippen molar-refractivity contribution in [1.82, 2.24) is 5.32 Å². The van der Waals surface area contributed by atoms with Crippen molar-refractivity contribution in [3.05, 3.63) is 125 Å². The largest absolute Gasteiger partial charge is 0.494 e. The van der Waals surface area contributed by atoms with Crippen molar-refractivity contribution in [3.63, 3.8) is 0 Å². The highest BCUT2D eigenvalue weighted by molar-refractivity contribution is 8.00. The summed E-state index contributed by atoms with van der Waals surface area (Å²) in [5.41, 5.74) is 0.126. The minimum atomic E-state index is -1.71. The van der Waals surface area contributed by atoms with E-state index in [1.807, 2.05) is 12.2 Å². The first-order valence-electron chi connectivity index (χ1n) is 13.6. The molecule has 0 bridgehead atoms. The van der Waals surface area contributed by atoms with Crippen molar-refractivity contribution >= 4 is 46.9 Å². The van der Waals surface area contributed by atoms with Crippen molar-refractivity contribution in [3.8, 4) is 5.75 Å². The molecule has 45 heavy (non-hydrogen) atoms. The van der Waals surface area contributed by atoms with Gasteiger partial charge in [-0.25, -0.2) is 17.6 Å². The number of benzene rings is 4. The highest BCUT2D eigenvalue weighted by Gasteiger charge is 2.23. The van der Waals surface area contributed by atoms with Crippen LogP contribution in [0.25, 0.3) is 6.08 Å². The van der Waals surface area contributed by atoms with E-state index in [1.54, 1.807) is 78.9 Å². The van der Waals surface area contributed by atoms with E-state index in [2.05, 4.69) is 10.6 Å². The topological polar surface area (TPSA) is 96.5 Å². The second-order valence-electron chi connectivity index (χ2n) is 9.45. The highest BCUT2D eigenvalue weighted by atomic mass is 32.2. The summed E-state index contributed by atoms with van der Waals surface area (Å²) in [4.78, 5) is 39.2. The van der Waals surface area contributed by atoms with Gasteiger partial charge in [-0.3, -0.25) is 14.4 Å². The fraction of sp³-hybridized carbons (Fsp3) is 0.121. The summed E-state index contributed by atoms with van der Waals surface area (Å²) in [6, 6.07) is 21.7. The maximum Gasteiger partial charge on any atom is 0.272 e. The normalized spacial score (nSPS) is 11.8. The average molecular weight is 638 g/mol. The number of hydrogen-bond acceptors (Lipinski definition) is 5. The molecule has 4 aromatic rings. The van der Waals surface area contributed by atoms with Crippen LogP contribution in [-0.2, 0) is 9.59 Å². The number of rotatable bonds is 11. The zero-order chi connectivity index (χ0) is 32.5. The highest BCUT2D eigenvalue weighted by Crippen LogP contribution is 2.28. The maximum atomic E-state index is 14.0. The Labute approximate surface area is 260 Å². The number of carbonyl (C=O) groups is 3. The van der Waals surface area contributed by atoms with Crippen LogP contribution in [0.4, 0.5) is 28.9 Å². The minimum Gasteiger partial charge on any atom is -0.494 e. The van der Waals surface area contributed by atoms with Crippen LogP contribution in [0, 0.1) is 23.3 Å². The van der Waals surface area contributed by atoms with Crippen LogP contribution in [-0.4, -0.2) is 29.6 Å². The molecular weight excluding hydrogens is 610 g/mol. The Morgan fingerprint density at radius 1 is 0.844 bits per heavy atom. The standard InChI is InChI=1S/C33H27F4N3O4S/c1-3-44-23-13-9-20(10-14-23)17-27(39-32(42)21-7-5-4-6-8-21)33(43)38-22-11-15-24(16-12-22)45-19(2)31(41)40-30-28(36)25(34)18-26(35)29(30)37/h4-19H,3H2,1-2H3,(H,38,43)(H,39,42)(H,40,41)/b27-17-. The lowest BCUT2D eigenvalue weighted by atomic mass is 10.1. The van der Waals surface area contributed by atoms with E-state index in [9.17, 15) is 31.9 Å². The molecular formula is C33H27F4N3O4S. The molecule has 0 radical (unpaired) electrons. The first-order chi connectivity index (χ1) is 21.5. The number of amides is 3. The second-order valence-corrected chi connectivity index (χ2v) is 10.9. The molecule has 12 heteroatoms. The molecule has 0 aromatic heterocycles. The van der Waals surface area contributed by atoms with Gasteiger partial charge in [-0.05, 0) is 74.0 Å². The smallest absolute Gasteiger partial charge is 0.272 e. The van der Waals surface area contributed by atoms with Gasteiger partial charge in [0.05, 0.1) is 11.9 Å². The number of halogens is 4. The fourth-order valence-electron chi connectivity index (χ4n) is 3.92. The first kappa shape index (κ1) is 32.8. The van der Waals surface area contributed by atoms with Gasteiger partial charge >= 0.3 is 0 Å². The van der Waals surface area contributed by atoms with Gasteiger partial charge in [-0.1, -0.05) is 30.3 Å². The molecule has 0 heterocycles. The molecule has 0 saturated heterocycles.